The molecule has 1 heterocycles. The van der Waals surface area contributed by atoms with Crippen LogP contribution < -0.4 is 10.0 Å². The fourth-order valence-corrected chi connectivity index (χ4v) is 3.28. The Balaban J connectivity index is 0.00000225. The van der Waals surface area contributed by atoms with E-state index < -0.39 is 10.2 Å². The Kier molecular flexibility index (Phi) is 6.81. The highest BCUT2D eigenvalue weighted by Crippen LogP contribution is 2.07. The van der Waals surface area contributed by atoms with Crippen molar-refractivity contribution in [3.05, 3.63) is 0 Å². The third kappa shape index (κ3) is 4.55. The van der Waals surface area contributed by atoms with Crippen LogP contribution in [-0.2, 0) is 10.2 Å². The van der Waals surface area contributed by atoms with Gasteiger partial charge >= 0.3 is 0 Å². The zero-order valence-corrected chi connectivity index (χ0v) is 11.7. The molecule has 0 radical (unpaired) electrons. The van der Waals surface area contributed by atoms with E-state index in [9.17, 15) is 8.42 Å². The monoisotopic (exact) mass is 271 g/mol. The fraction of sp³-hybridized carbons (Fsp3) is 1.00. The predicted molar refractivity (Wildman–Crippen MR) is 68.1 cm³/mol. The summed E-state index contributed by atoms with van der Waals surface area (Å²) in [6, 6.07) is 0.430. The van der Waals surface area contributed by atoms with E-state index in [1.54, 1.807) is 0 Å². The van der Waals surface area contributed by atoms with Crippen LogP contribution in [0.1, 0.15) is 27.2 Å². The van der Waals surface area contributed by atoms with Gasteiger partial charge in [-0.2, -0.15) is 12.7 Å². The van der Waals surface area contributed by atoms with Crippen molar-refractivity contribution in [1.82, 2.24) is 14.3 Å². The van der Waals surface area contributed by atoms with Gasteiger partial charge in [0.1, 0.15) is 0 Å². The molecule has 1 rings (SSSR count). The van der Waals surface area contributed by atoms with E-state index >= 15 is 0 Å². The lowest BCUT2D eigenvalue weighted by atomic mass is 10.2. The van der Waals surface area contributed by atoms with E-state index in [1.165, 1.54) is 4.31 Å². The van der Waals surface area contributed by atoms with Crippen LogP contribution >= 0.6 is 12.4 Å². The molecule has 0 amide bonds. The van der Waals surface area contributed by atoms with E-state index in [0.717, 1.165) is 6.42 Å². The predicted octanol–water partition coefficient (Wildman–Crippen LogP) is 0.335. The fourth-order valence-electron chi connectivity index (χ4n) is 1.80. The van der Waals surface area contributed by atoms with Crippen molar-refractivity contribution in [1.29, 1.82) is 0 Å². The maximum atomic E-state index is 11.8. The van der Waals surface area contributed by atoms with Crippen molar-refractivity contribution < 1.29 is 8.42 Å². The third-order valence-electron chi connectivity index (χ3n) is 2.40. The summed E-state index contributed by atoms with van der Waals surface area (Å²) in [7, 11) is -3.27. The molecule has 0 saturated carbocycles. The first kappa shape index (κ1) is 16.1. The van der Waals surface area contributed by atoms with Crippen molar-refractivity contribution in [2.75, 3.05) is 19.6 Å². The van der Waals surface area contributed by atoms with Gasteiger partial charge in [0, 0.05) is 31.7 Å². The lowest BCUT2D eigenvalue weighted by Gasteiger charge is -2.35. The summed E-state index contributed by atoms with van der Waals surface area (Å²) in [6.45, 7) is 7.54. The van der Waals surface area contributed by atoms with Gasteiger partial charge in [0.2, 0.25) is 0 Å². The molecule has 0 aliphatic carbocycles. The van der Waals surface area contributed by atoms with Crippen LogP contribution in [0.3, 0.4) is 0 Å². The number of nitrogens with zero attached hydrogens (tertiary/aromatic N) is 1. The molecule has 1 aliphatic rings. The molecular formula is C9H22ClN3O2S. The second-order valence-electron chi connectivity index (χ2n) is 4.19. The van der Waals surface area contributed by atoms with E-state index in [1.807, 2.05) is 20.8 Å². The number of piperazine rings is 1. The van der Waals surface area contributed by atoms with E-state index in [0.29, 0.717) is 19.6 Å². The first-order chi connectivity index (χ1) is 6.95. The minimum Gasteiger partial charge on any atom is -0.309 e. The van der Waals surface area contributed by atoms with Crippen LogP contribution in [0.25, 0.3) is 0 Å². The SMILES string of the molecule is CCCNS(=O)(=O)N1CC(C)NC(C)C1.Cl. The first-order valence-corrected chi connectivity index (χ1v) is 6.90. The highest BCUT2D eigenvalue weighted by Gasteiger charge is 2.29. The van der Waals surface area contributed by atoms with Crippen LogP contribution in [0.15, 0.2) is 0 Å². The van der Waals surface area contributed by atoms with Gasteiger partial charge in [-0.15, -0.1) is 12.4 Å². The molecule has 2 atom stereocenters. The molecule has 0 aromatic heterocycles. The van der Waals surface area contributed by atoms with E-state index in [2.05, 4.69) is 10.0 Å². The Morgan fingerprint density at radius 2 is 1.81 bits per heavy atom. The first-order valence-electron chi connectivity index (χ1n) is 5.46. The molecule has 5 nitrogen and oxygen atoms in total. The van der Waals surface area contributed by atoms with E-state index in [-0.39, 0.29) is 24.5 Å². The molecule has 0 spiro atoms. The maximum Gasteiger partial charge on any atom is 0.279 e. The molecule has 1 saturated heterocycles. The lowest BCUT2D eigenvalue weighted by Crippen LogP contribution is -2.58. The average Bonchev–Trinajstić information content (AvgIpc) is 2.13. The highest BCUT2D eigenvalue weighted by atomic mass is 35.5. The Hall–Kier alpha value is 0.120. The molecule has 98 valence electrons. The summed E-state index contributed by atoms with van der Waals surface area (Å²) in [5, 5.41) is 3.30. The number of hydrogen-bond donors (Lipinski definition) is 2. The van der Waals surface area contributed by atoms with Crippen molar-refractivity contribution in [3.63, 3.8) is 0 Å². The second-order valence-corrected chi connectivity index (χ2v) is 5.94. The molecule has 0 bridgehead atoms. The van der Waals surface area contributed by atoms with E-state index in [4.69, 9.17) is 0 Å². The second kappa shape index (κ2) is 6.76. The van der Waals surface area contributed by atoms with Gasteiger partial charge in [0.25, 0.3) is 10.2 Å². The van der Waals surface area contributed by atoms with Crippen LogP contribution in [0.5, 0.6) is 0 Å². The largest absolute Gasteiger partial charge is 0.309 e. The zero-order valence-electron chi connectivity index (χ0n) is 10.1. The van der Waals surface area contributed by atoms with Crippen molar-refractivity contribution >= 4 is 22.6 Å². The zero-order chi connectivity index (χ0) is 11.5. The normalized spacial score (nSPS) is 27.4. The molecule has 2 unspecified atom stereocenters. The molecule has 1 aliphatic heterocycles. The summed E-state index contributed by atoms with van der Waals surface area (Å²) in [5.74, 6) is 0. The standard InChI is InChI=1S/C9H21N3O2S.ClH/c1-4-5-10-15(13,14)12-6-8(2)11-9(3)7-12;/h8-11H,4-7H2,1-3H3;1H. The molecule has 16 heavy (non-hydrogen) atoms. The minimum atomic E-state index is -3.27. The van der Waals surface area contributed by atoms with Crippen LogP contribution in [0.2, 0.25) is 0 Å². The summed E-state index contributed by atoms with van der Waals surface area (Å²) in [4.78, 5) is 0. The van der Waals surface area contributed by atoms with Gasteiger partial charge in [-0.3, -0.25) is 0 Å². The summed E-state index contributed by atoms with van der Waals surface area (Å²) in [6.07, 6.45) is 0.816. The number of hydrogen-bond acceptors (Lipinski definition) is 3. The summed E-state index contributed by atoms with van der Waals surface area (Å²) >= 11 is 0. The van der Waals surface area contributed by atoms with Gasteiger partial charge in [-0.25, -0.2) is 4.72 Å². The lowest BCUT2D eigenvalue weighted by molar-refractivity contribution is 0.260. The minimum absolute atomic E-state index is 0. The van der Waals surface area contributed by atoms with Gasteiger partial charge in [-0.05, 0) is 20.3 Å². The quantitative estimate of drug-likeness (QED) is 0.775. The molecule has 7 heteroatoms. The van der Waals surface area contributed by atoms with Gasteiger partial charge in [0.05, 0.1) is 0 Å². The van der Waals surface area contributed by atoms with Crippen molar-refractivity contribution in [3.8, 4) is 0 Å². The number of rotatable bonds is 4. The van der Waals surface area contributed by atoms with Crippen LogP contribution in [0, 0.1) is 0 Å². The molecule has 0 aromatic rings. The molecule has 2 N–H and O–H groups in total. The Labute approximate surface area is 105 Å². The molecule has 1 fully saturated rings. The summed E-state index contributed by atoms with van der Waals surface area (Å²) in [5.41, 5.74) is 0. The molecular weight excluding hydrogens is 250 g/mol. The number of halogens is 1. The Morgan fingerprint density at radius 1 is 1.31 bits per heavy atom. The van der Waals surface area contributed by atoms with Gasteiger partial charge in [0.15, 0.2) is 0 Å². The smallest absolute Gasteiger partial charge is 0.279 e. The third-order valence-corrected chi connectivity index (χ3v) is 3.95. The summed E-state index contributed by atoms with van der Waals surface area (Å²) < 4.78 is 27.8. The topological polar surface area (TPSA) is 61.4 Å². The van der Waals surface area contributed by atoms with Crippen molar-refractivity contribution in [2.24, 2.45) is 0 Å². The molecule has 0 aromatic carbocycles. The highest BCUT2D eigenvalue weighted by molar-refractivity contribution is 7.87. The van der Waals surface area contributed by atoms with Gasteiger partial charge in [-0.1, -0.05) is 6.92 Å². The average molecular weight is 272 g/mol. The Morgan fingerprint density at radius 3 is 2.25 bits per heavy atom. The van der Waals surface area contributed by atoms with Gasteiger partial charge < -0.3 is 5.32 Å². The van der Waals surface area contributed by atoms with Crippen molar-refractivity contribution in [2.45, 2.75) is 39.3 Å². The van der Waals surface area contributed by atoms with Crippen LogP contribution in [-0.4, -0.2) is 44.4 Å². The maximum absolute atomic E-state index is 11.8. The Bertz CT molecular complexity index is 287. The van der Waals surface area contributed by atoms with Crippen LogP contribution in [0.4, 0.5) is 0 Å². The number of nitrogens with one attached hydrogen (secondary N) is 2.